The monoisotopic (exact) mass is 742 g/mol. The van der Waals surface area contributed by atoms with Gasteiger partial charge in [0.05, 0.1) is 11.9 Å². The Balaban J connectivity index is -0.000000538. The Hall–Kier alpha value is -1.84. The van der Waals surface area contributed by atoms with Crippen molar-refractivity contribution >= 4 is 47.8 Å². The van der Waals surface area contributed by atoms with Gasteiger partial charge < -0.3 is 29.3 Å². The second kappa shape index (κ2) is 36.6. The Bertz CT molecular complexity index is 693. The van der Waals surface area contributed by atoms with Crippen molar-refractivity contribution in [1.29, 1.82) is 0 Å². The van der Waals surface area contributed by atoms with Crippen LogP contribution in [0.15, 0.2) is 24.3 Å². The van der Waals surface area contributed by atoms with E-state index in [1.807, 2.05) is 0 Å². The molecule has 0 N–H and O–H groups in total. The Morgan fingerprint density at radius 1 is 0.489 bits per heavy atom. The summed E-state index contributed by atoms with van der Waals surface area (Å²) in [7, 11) is 0. The number of carbonyl (C=O) groups excluding carboxylic acids is 4. The summed E-state index contributed by atoms with van der Waals surface area (Å²) in [6, 6.07) is 0. The van der Waals surface area contributed by atoms with Gasteiger partial charge in [-0.2, -0.15) is 0 Å². The third kappa shape index (κ3) is 38.3. The normalized spacial score (nSPS) is 14.8. The molecule has 2 radical (unpaired) electrons. The van der Waals surface area contributed by atoms with Gasteiger partial charge in [0.25, 0.3) is 0 Å². The molecule has 9 heteroatoms. The van der Waals surface area contributed by atoms with E-state index in [0.717, 1.165) is 63.5 Å². The number of aliphatic carboxylic acids is 2. The summed E-state index contributed by atoms with van der Waals surface area (Å²) in [5.41, 5.74) is 0. The van der Waals surface area contributed by atoms with E-state index in [0.29, 0.717) is 12.2 Å². The average molecular weight is 742 g/mol. The zero-order valence-corrected chi connectivity index (χ0v) is 31.6. The standard InChI is InChI=1S/2C10H14O4.2C8H18.Sn/c2*11-9(12)6-7-10(13)14-8-4-2-1-3-5-8;2*1-3-5-7-8-6-4-2;/h2*6-8H,1-5H2,(H,11,12);2*3-8H2,1-2H3;/q;;;;+2/p-2/b2*7-6-;;;. The number of hydrogen-bond donors (Lipinski definition) is 0. The van der Waals surface area contributed by atoms with E-state index in [4.69, 9.17) is 9.47 Å². The van der Waals surface area contributed by atoms with Crippen LogP contribution in [0.3, 0.4) is 0 Å². The third-order valence-electron chi connectivity index (χ3n) is 7.30. The van der Waals surface area contributed by atoms with Gasteiger partial charge in [0.15, 0.2) is 0 Å². The van der Waals surface area contributed by atoms with Crippen LogP contribution in [0, 0.1) is 0 Å². The molecule has 2 aliphatic rings. The summed E-state index contributed by atoms with van der Waals surface area (Å²) in [6.07, 6.45) is 30.2. The Labute approximate surface area is 291 Å². The van der Waals surface area contributed by atoms with Gasteiger partial charge in [-0.1, -0.05) is 118 Å². The van der Waals surface area contributed by atoms with E-state index in [9.17, 15) is 29.4 Å². The molecule has 2 rings (SSSR count). The van der Waals surface area contributed by atoms with Gasteiger partial charge >= 0.3 is 35.8 Å². The maximum Gasteiger partial charge on any atom is 2.00 e. The van der Waals surface area contributed by atoms with Crippen LogP contribution in [0.25, 0.3) is 0 Å². The minimum absolute atomic E-state index is 0. The van der Waals surface area contributed by atoms with Crippen molar-refractivity contribution < 1.29 is 38.9 Å². The van der Waals surface area contributed by atoms with Crippen LogP contribution < -0.4 is 10.2 Å². The predicted octanol–water partition coefficient (Wildman–Crippen LogP) is 6.69. The van der Waals surface area contributed by atoms with E-state index in [1.54, 1.807) is 0 Å². The zero-order chi connectivity index (χ0) is 33.3. The van der Waals surface area contributed by atoms with Gasteiger partial charge in [0, 0.05) is 12.2 Å². The first-order valence-electron chi connectivity index (χ1n) is 17.4. The Morgan fingerprint density at radius 3 is 0.978 bits per heavy atom. The number of hydrogen-bond acceptors (Lipinski definition) is 8. The number of unbranched alkanes of at least 4 members (excludes halogenated alkanes) is 10. The van der Waals surface area contributed by atoms with Crippen molar-refractivity contribution in [3.63, 3.8) is 0 Å². The van der Waals surface area contributed by atoms with Crippen LogP contribution in [0.2, 0.25) is 0 Å². The van der Waals surface area contributed by atoms with E-state index >= 15 is 0 Å². The maximum atomic E-state index is 11.0. The average Bonchev–Trinajstić information content (AvgIpc) is 3.01. The molecule has 45 heavy (non-hydrogen) atoms. The minimum atomic E-state index is -1.38. The summed E-state index contributed by atoms with van der Waals surface area (Å²) >= 11 is 0. The number of rotatable bonds is 16. The topological polar surface area (TPSA) is 133 Å². The smallest absolute Gasteiger partial charge is 0.545 e. The van der Waals surface area contributed by atoms with Crippen LogP contribution in [0.1, 0.15) is 169 Å². The van der Waals surface area contributed by atoms with Crippen molar-refractivity contribution in [2.24, 2.45) is 0 Å². The van der Waals surface area contributed by atoms with Crippen molar-refractivity contribution in [1.82, 2.24) is 0 Å². The molecule has 0 aliphatic heterocycles. The first kappa shape index (κ1) is 47.6. The second-order valence-electron chi connectivity index (χ2n) is 11.5. The Morgan fingerprint density at radius 2 is 0.756 bits per heavy atom. The molecule has 2 aliphatic carbocycles. The fourth-order valence-corrected chi connectivity index (χ4v) is 4.75. The molecule has 0 saturated heterocycles. The first-order chi connectivity index (χ1) is 21.2. The van der Waals surface area contributed by atoms with Crippen LogP contribution in [-0.4, -0.2) is 60.0 Å². The van der Waals surface area contributed by atoms with Crippen molar-refractivity contribution in [2.75, 3.05) is 0 Å². The molecule has 0 aromatic carbocycles. The van der Waals surface area contributed by atoms with Crippen LogP contribution >= 0.6 is 0 Å². The number of ether oxygens (including phenoxy) is 2. The molecule has 8 nitrogen and oxygen atoms in total. The molecule has 0 heterocycles. The number of carboxylic acids is 2. The Kier molecular flexibility index (Phi) is 38.7. The van der Waals surface area contributed by atoms with Gasteiger partial charge in [0.2, 0.25) is 0 Å². The maximum absolute atomic E-state index is 11.0. The van der Waals surface area contributed by atoms with Crippen LogP contribution in [0.5, 0.6) is 0 Å². The van der Waals surface area contributed by atoms with Gasteiger partial charge in [-0.25, -0.2) is 9.59 Å². The molecule has 0 spiro atoms. The van der Waals surface area contributed by atoms with Gasteiger partial charge in [-0.15, -0.1) is 0 Å². The quantitative estimate of drug-likeness (QED) is 0.0740. The summed E-state index contributed by atoms with van der Waals surface area (Å²) in [4.78, 5) is 42.0. The molecular formula is C36H62O8Sn. The van der Waals surface area contributed by atoms with E-state index in [-0.39, 0.29) is 36.1 Å². The van der Waals surface area contributed by atoms with E-state index < -0.39 is 23.9 Å². The molecule has 258 valence electrons. The first-order valence-corrected chi connectivity index (χ1v) is 17.4. The number of carboxylic acid groups (broad SMARTS) is 2. The van der Waals surface area contributed by atoms with Crippen LogP contribution in [0.4, 0.5) is 0 Å². The number of carbonyl (C=O) groups is 4. The molecule has 0 bridgehead atoms. The largest absolute Gasteiger partial charge is 2.00 e. The van der Waals surface area contributed by atoms with Crippen LogP contribution in [-0.2, 0) is 28.7 Å². The van der Waals surface area contributed by atoms with E-state index in [2.05, 4.69) is 27.7 Å². The SMILES string of the molecule is CCCCCCCC.CCCCCCCC.O=C([O-])/C=C\C(=O)OC1CCCCC1.O=C([O-])/C=C\C(=O)OC1CCCCC1.[Sn+2]. The molecule has 0 aromatic heterocycles. The molecule has 0 unspecified atom stereocenters. The predicted molar refractivity (Wildman–Crippen MR) is 178 cm³/mol. The molecule has 0 atom stereocenters. The minimum Gasteiger partial charge on any atom is -0.545 e. The van der Waals surface area contributed by atoms with Gasteiger partial charge in [-0.05, 0) is 63.5 Å². The summed E-state index contributed by atoms with van der Waals surface area (Å²) in [5, 5.41) is 20.0. The zero-order valence-electron chi connectivity index (χ0n) is 28.8. The summed E-state index contributed by atoms with van der Waals surface area (Å²) in [6.45, 7) is 9.02. The van der Waals surface area contributed by atoms with Crippen molar-refractivity contribution in [3.05, 3.63) is 24.3 Å². The summed E-state index contributed by atoms with van der Waals surface area (Å²) < 4.78 is 10.0. The van der Waals surface area contributed by atoms with E-state index in [1.165, 1.54) is 89.9 Å². The molecule has 0 amide bonds. The van der Waals surface area contributed by atoms with Crippen molar-refractivity contribution in [3.8, 4) is 0 Å². The fraction of sp³-hybridized carbons (Fsp3) is 0.778. The fourth-order valence-electron chi connectivity index (χ4n) is 4.75. The number of esters is 2. The molecule has 0 aromatic rings. The second-order valence-corrected chi connectivity index (χ2v) is 11.5. The molecular weight excluding hydrogens is 679 g/mol. The van der Waals surface area contributed by atoms with Gasteiger partial charge in [0.1, 0.15) is 12.2 Å². The van der Waals surface area contributed by atoms with Gasteiger partial charge in [-0.3, -0.25) is 0 Å². The molecule has 2 saturated carbocycles. The third-order valence-corrected chi connectivity index (χ3v) is 7.30. The van der Waals surface area contributed by atoms with Crippen molar-refractivity contribution in [2.45, 2.75) is 181 Å². The summed E-state index contributed by atoms with van der Waals surface area (Å²) in [5.74, 6) is -3.96. The molecule has 2 fully saturated rings.